The number of unbranched alkanes of at least 4 members (excludes halogenated alkanes) is 1. The molecule has 0 heterocycles. The second-order valence-electron chi connectivity index (χ2n) is 4.98. The number of amides is 1. The lowest BCUT2D eigenvalue weighted by molar-refractivity contribution is 0.0950. The molecular weight excluding hydrogens is 269 g/mol. The molecule has 0 saturated heterocycles. The quantitative estimate of drug-likeness (QED) is 0.582. The monoisotopic (exact) mass is 295 g/mol. The van der Waals surface area contributed by atoms with Crippen molar-refractivity contribution in [3.63, 3.8) is 0 Å². The van der Waals surface area contributed by atoms with Crippen molar-refractivity contribution in [3.05, 3.63) is 29.6 Å². The summed E-state index contributed by atoms with van der Waals surface area (Å²) in [4.78, 5) is 11.9. The van der Waals surface area contributed by atoms with Gasteiger partial charge < -0.3 is 16.0 Å². The Morgan fingerprint density at radius 2 is 1.90 bits per heavy atom. The van der Waals surface area contributed by atoms with Gasteiger partial charge in [0, 0.05) is 25.3 Å². The number of hydrogen-bond donors (Lipinski definition) is 3. The Balaban J connectivity index is 2.45. The molecule has 0 atom stereocenters. The summed E-state index contributed by atoms with van der Waals surface area (Å²) in [7, 11) is 0. The number of nitrogens with one attached hydrogen (secondary N) is 3. The van der Waals surface area contributed by atoms with E-state index in [1.165, 1.54) is 12.1 Å². The predicted molar refractivity (Wildman–Crippen MR) is 85.3 cm³/mol. The summed E-state index contributed by atoms with van der Waals surface area (Å²) < 4.78 is 13.9. The number of carbonyl (C=O) groups excluding carboxylic acids is 1. The van der Waals surface area contributed by atoms with Crippen molar-refractivity contribution in [2.24, 2.45) is 0 Å². The first-order valence-corrected chi connectivity index (χ1v) is 7.71. The summed E-state index contributed by atoms with van der Waals surface area (Å²) in [5.41, 5.74) is 0.800. The van der Waals surface area contributed by atoms with Crippen LogP contribution in [0.15, 0.2) is 18.2 Å². The van der Waals surface area contributed by atoms with Crippen LogP contribution in [0, 0.1) is 5.82 Å². The maximum Gasteiger partial charge on any atom is 0.254 e. The average Bonchev–Trinajstić information content (AvgIpc) is 2.47. The molecule has 3 N–H and O–H groups in total. The molecule has 0 aliphatic carbocycles. The molecule has 1 aromatic carbocycles. The fraction of sp³-hybridized carbons (Fsp3) is 0.562. The minimum Gasteiger partial charge on any atom is -0.385 e. The Kier molecular flexibility index (Phi) is 8.43. The van der Waals surface area contributed by atoms with Crippen LogP contribution in [0.25, 0.3) is 0 Å². The van der Waals surface area contributed by atoms with Gasteiger partial charge in [-0.15, -0.1) is 0 Å². The molecule has 0 fully saturated rings. The van der Waals surface area contributed by atoms with Gasteiger partial charge in [-0.1, -0.05) is 20.3 Å². The van der Waals surface area contributed by atoms with Gasteiger partial charge in [-0.05, 0) is 37.6 Å². The van der Waals surface area contributed by atoms with Gasteiger partial charge in [0.15, 0.2) is 0 Å². The van der Waals surface area contributed by atoms with E-state index < -0.39 is 5.82 Å². The van der Waals surface area contributed by atoms with E-state index in [0.29, 0.717) is 18.8 Å². The standard InChI is InChI=1S/C16H26FN3O/c1-3-5-9-19-13-6-7-14(15(17)12-13)16(21)20-11-10-18-8-4-2/h6-7,12,18-19H,3-5,8-11H2,1-2H3,(H,20,21). The average molecular weight is 295 g/mol. The minimum absolute atomic E-state index is 0.0894. The molecular formula is C16H26FN3O. The van der Waals surface area contributed by atoms with E-state index >= 15 is 0 Å². The van der Waals surface area contributed by atoms with Crippen molar-refractivity contribution >= 4 is 11.6 Å². The molecule has 0 aliphatic rings. The molecule has 0 radical (unpaired) electrons. The summed E-state index contributed by atoms with van der Waals surface area (Å²) in [6.07, 6.45) is 3.17. The summed E-state index contributed by atoms with van der Waals surface area (Å²) in [6, 6.07) is 4.64. The molecule has 1 rings (SSSR count). The van der Waals surface area contributed by atoms with Crippen LogP contribution in [-0.4, -0.2) is 32.1 Å². The fourth-order valence-electron chi connectivity index (χ4n) is 1.88. The first-order chi connectivity index (χ1) is 10.2. The Morgan fingerprint density at radius 1 is 1.10 bits per heavy atom. The van der Waals surface area contributed by atoms with Gasteiger partial charge in [0.05, 0.1) is 5.56 Å². The van der Waals surface area contributed by atoms with Crippen LogP contribution in [0.4, 0.5) is 10.1 Å². The zero-order valence-electron chi connectivity index (χ0n) is 13.0. The fourth-order valence-corrected chi connectivity index (χ4v) is 1.88. The van der Waals surface area contributed by atoms with Crippen LogP contribution in [0.5, 0.6) is 0 Å². The van der Waals surface area contributed by atoms with Gasteiger partial charge in [-0.3, -0.25) is 4.79 Å². The van der Waals surface area contributed by atoms with Gasteiger partial charge in [0.2, 0.25) is 0 Å². The summed E-state index contributed by atoms with van der Waals surface area (Å²) in [5.74, 6) is -0.860. The second kappa shape index (κ2) is 10.2. The Morgan fingerprint density at radius 3 is 2.57 bits per heavy atom. The summed E-state index contributed by atoms with van der Waals surface area (Å²) >= 11 is 0. The highest BCUT2D eigenvalue weighted by Gasteiger charge is 2.11. The van der Waals surface area contributed by atoms with Crippen LogP contribution in [0.3, 0.4) is 0 Å². The van der Waals surface area contributed by atoms with Crippen molar-refractivity contribution in [3.8, 4) is 0 Å². The predicted octanol–water partition coefficient (Wildman–Crippen LogP) is 2.77. The third kappa shape index (κ3) is 6.58. The lowest BCUT2D eigenvalue weighted by Crippen LogP contribution is -2.32. The van der Waals surface area contributed by atoms with E-state index in [-0.39, 0.29) is 11.5 Å². The van der Waals surface area contributed by atoms with E-state index in [4.69, 9.17) is 0 Å². The zero-order chi connectivity index (χ0) is 15.5. The lowest BCUT2D eigenvalue weighted by atomic mass is 10.1. The van der Waals surface area contributed by atoms with E-state index in [0.717, 1.165) is 32.4 Å². The van der Waals surface area contributed by atoms with Crippen molar-refractivity contribution in [1.82, 2.24) is 10.6 Å². The topological polar surface area (TPSA) is 53.2 Å². The van der Waals surface area contributed by atoms with Crippen molar-refractivity contribution in [1.29, 1.82) is 0 Å². The second-order valence-corrected chi connectivity index (χ2v) is 4.98. The molecule has 0 bridgehead atoms. The minimum atomic E-state index is -0.490. The van der Waals surface area contributed by atoms with Gasteiger partial charge in [0.1, 0.15) is 5.82 Å². The first kappa shape index (κ1) is 17.4. The molecule has 0 saturated carbocycles. The summed E-state index contributed by atoms with van der Waals surface area (Å²) in [5, 5.41) is 9.02. The first-order valence-electron chi connectivity index (χ1n) is 7.71. The van der Waals surface area contributed by atoms with Gasteiger partial charge in [0.25, 0.3) is 5.91 Å². The molecule has 118 valence electrons. The van der Waals surface area contributed by atoms with E-state index in [2.05, 4.69) is 29.8 Å². The van der Waals surface area contributed by atoms with Crippen molar-refractivity contribution in [2.45, 2.75) is 33.1 Å². The van der Waals surface area contributed by atoms with Crippen LogP contribution < -0.4 is 16.0 Å². The number of anilines is 1. The highest BCUT2D eigenvalue weighted by Crippen LogP contribution is 2.14. The van der Waals surface area contributed by atoms with E-state index in [1.54, 1.807) is 6.07 Å². The Labute approximate surface area is 126 Å². The van der Waals surface area contributed by atoms with E-state index in [1.807, 2.05) is 0 Å². The van der Waals surface area contributed by atoms with Crippen LogP contribution >= 0.6 is 0 Å². The van der Waals surface area contributed by atoms with Gasteiger partial charge in [-0.2, -0.15) is 0 Å². The molecule has 1 aromatic rings. The molecule has 0 spiro atoms. The SMILES string of the molecule is CCCCNc1ccc(C(=O)NCCNCCC)c(F)c1. The molecule has 5 heteroatoms. The Hall–Kier alpha value is -1.62. The normalized spacial score (nSPS) is 10.4. The van der Waals surface area contributed by atoms with E-state index in [9.17, 15) is 9.18 Å². The number of carbonyl (C=O) groups is 1. The smallest absolute Gasteiger partial charge is 0.254 e. The molecule has 1 amide bonds. The summed E-state index contributed by atoms with van der Waals surface area (Å²) in [6.45, 7) is 7.10. The molecule has 0 unspecified atom stereocenters. The number of hydrogen-bond acceptors (Lipinski definition) is 3. The third-order valence-corrected chi connectivity index (χ3v) is 3.09. The van der Waals surface area contributed by atoms with Crippen molar-refractivity contribution < 1.29 is 9.18 Å². The maximum absolute atomic E-state index is 13.9. The van der Waals surface area contributed by atoms with Gasteiger partial charge in [-0.25, -0.2) is 4.39 Å². The van der Waals surface area contributed by atoms with Gasteiger partial charge >= 0.3 is 0 Å². The third-order valence-electron chi connectivity index (χ3n) is 3.09. The van der Waals surface area contributed by atoms with Crippen LogP contribution in [0.1, 0.15) is 43.5 Å². The number of rotatable bonds is 10. The largest absolute Gasteiger partial charge is 0.385 e. The highest BCUT2D eigenvalue weighted by molar-refractivity contribution is 5.94. The highest BCUT2D eigenvalue weighted by atomic mass is 19.1. The van der Waals surface area contributed by atoms with Crippen LogP contribution in [-0.2, 0) is 0 Å². The molecule has 0 aromatic heterocycles. The van der Waals surface area contributed by atoms with Crippen LogP contribution in [0.2, 0.25) is 0 Å². The molecule has 4 nitrogen and oxygen atoms in total. The lowest BCUT2D eigenvalue weighted by Gasteiger charge is -2.09. The molecule has 21 heavy (non-hydrogen) atoms. The number of halogens is 1. The molecule has 0 aliphatic heterocycles. The zero-order valence-corrected chi connectivity index (χ0v) is 13.0. The Bertz CT molecular complexity index is 438. The maximum atomic E-state index is 13.9. The van der Waals surface area contributed by atoms with Crippen molar-refractivity contribution in [2.75, 3.05) is 31.5 Å². The number of benzene rings is 1.